The van der Waals surface area contributed by atoms with E-state index < -0.39 is 0 Å². The first kappa shape index (κ1) is 17.2. The normalized spacial score (nSPS) is 11.7. The number of hydrogen-bond acceptors (Lipinski definition) is 2. The number of thiophene rings is 1. The smallest absolute Gasteiger partial charge is 0.315 e. The lowest BCUT2D eigenvalue weighted by Crippen LogP contribution is -2.39. The van der Waals surface area contributed by atoms with Crippen LogP contribution in [0.4, 0.5) is 4.79 Å². The third-order valence-corrected chi connectivity index (χ3v) is 4.96. The molecule has 0 fully saturated rings. The minimum atomic E-state index is -0.124. The second-order valence-electron chi connectivity index (χ2n) is 5.88. The van der Waals surface area contributed by atoms with E-state index >= 15 is 0 Å². The molecule has 0 saturated carbocycles. The average molecular weight is 350 g/mol. The SMILES string of the molecule is O=C(NCCc1cccs1)NC(Cc1ccccc1)c1ccccc1. The molecule has 25 heavy (non-hydrogen) atoms. The van der Waals surface area contributed by atoms with Crippen LogP contribution in [0.25, 0.3) is 0 Å². The Morgan fingerprint density at radius 2 is 1.64 bits per heavy atom. The molecule has 0 aliphatic rings. The van der Waals surface area contributed by atoms with Crippen molar-refractivity contribution in [3.8, 4) is 0 Å². The molecule has 3 rings (SSSR count). The van der Waals surface area contributed by atoms with Crippen molar-refractivity contribution < 1.29 is 4.79 Å². The summed E-state index contributed by atoms with van der Waals surface area (Å²) in [5.41, 5.74) is 2.31. The third kappa shape index (κ3) is 5.47. The van der Waals surface area contributed by atoms with Gasteiger partial charge in [0.2, 0.25) is 0 Å². The van der Waals surface area contributed by atoms with Crippen molar-refractivity contribution in [2.45, 2.75) is 18.9 Å². The molecular formula is C21H22N2OS. The van der Waals surface area contributed by atoms with Gasteiger partial charge in [-0.05, 0) is 35.4 Å². The van der Waals surface area contributed by atoms with Crippen LogP contribution < -0.4 is 10.6 Å². The fourth-order valence-corrected chi connectivity index (χ4v) is 3.46. The largest absolute Gasteiger partial charge is 0.338 e. The van der Waals surface area contributed by atoms with Crippen molar-refractivity contribution in [3.63, 3.8) is 0 Å². The van der Waals surface area contributed by atoms with Crippen LogP contribution in [0, 0.1) is 0 Å². The van der Waals surface area contributed by atoms with E-state index in [0.29, 0.717) is 6.54 Å². The number of benzene rings is 2. The van der Waals surface area contributed by atoms with Gasteiger partial charge in [0.25, 0.3) is 0 Å². The van der Waals surface area contributed by atoms with Gasteiger partial charge in [-0.1, -0.05) is 66.7 Å². The zero-order valence-electron chi connectivity index (χ0n) is 14.0. The molecule has 1 aromatic heterocycles. The molecule has 1 heterocycles. The predicted octanol–water partition coefficient (Wildman–Crippen LogP) is 4.57. The van der Waals surface area contributed by atoms with Gasteiger partial charge in [-0.15, -0.1) is 11.3 Å². The number of carbonyl (C=O) groups is 1. The summed E-state index contributed by atoms with van der Waals surface area (Å²) in [6.07, 6.45) is 1.63. The van der Waals surface area contributed by atoms with Crippen molar-refractivity contribution in [2.75, 3.05) is 6.54 Å². The fourth-order valence-electron chi connectivity index (χ4n) is 2.75. The lowest BCUT2D eigenvalue weighted by Gasteiger charge is -2.20. The van der Waals surface area contributed by atoms with Crippen LogP contribution in [0.15, 0.2) is 78.2 Å². The maximum Gasteiger partial charge on any atom is 0.315 e. The molecule has 4 heteroatoms. The first-order valence-electron chi connectivity index (χ1n) is 8.47. The van der Waals surface area contributed by atoms with Gasteiger partial charge in [-0.25, -0.2) is 4.79 Å². The summed E-state index contributed by atoms with van der Waals surface area (Å²) in [5.74, 6) is 0. The Hall–Kier alpha value is -2.59. The molecule has 128 valence electrons. The van der Waals surface area contributed by atoms with E-state index in [0.717, 1.165) is 18.4 Å². The van der Waals surface area contributed by atoms with Gasteiger partial charge in [-0.3, -0.25) is 0 Å². The van der Waals surface area contributed by atoms with Crippen LogP contribution in [0.2, 0.25) is 0 Å². The van der Waals surface area contributed by atoms with Crippen molar-refractivity contribution in [3.05, 3.63) is 94.2 Å². The van der Waals surface area contributed by atoms with E-state index in [4.69, 9.17) is 0 Å². The highest BCUT2D eigenvalue weighted by molar-refractivity contribution is 7.09. The molecule has 3 nitrogen and oxygen atoms in total. The standard InChI is InChI=1S/C21H22N2OS/c24-21(22-14-13-19-12-7-15-25-19)23-20(18-10-5-2-6-11-18)16-17-8-3-1-4-9-17/h1-12,15,20H,13-14,16H2,(H2,22,23,24). The van der Waals surface area contributed by atoms with Gasteiger partial charge in [0.1, 0.15) is 0 Å². The Morgan fingerprint density at radius 1 is 0.920 bits per heavy atom. The molecule has 3 aromatic rings. The highest BCUT2D eigenvalue weighted by atomic mass is 32.1. The van der Waals surface area contributed by atoms with Crippen LogP contribution >= 0.6 is 11.3 Å². The van der Waals surface area contributed by atoms with E-state index in [1.807, 2.05) is 42.5 Å². The molecule has 0 spiro atoms. The highest BCUT2D eigenvalue weighted by Crippen LogP contribution is 2.18. The topological polar surface area (TPSA) is 41.1 Å². The second kappa shape index (κ2) is 9.04. The molecule has 0 radical (unpaired) electrons. The molecule has 0 saturated heterocycles. The quantitative estimate of drug-likeness (QED) is 0.644. The predicted molar refractivity (Wildman–Crippen MR) is 104 cm³/mol. The molecule has 2 N–H and O–H groups in total. The minimum absolute atomic E-state index is 0.0506. The van der Waals surface area contributed by atoms with E-state index in [1.54, 1.807) is 11.3 Å². The highest BCUT2D eigenvalue weighted by Gasteiger charge is 2.15. The van der Waals surface area contributed by atoms with Gasteiger partial charge in [0.15, 0.2) is 0 Å². The number of carbonyl (C=O) groups excluding carboxylic acids is 1. The molecule has 2 aromatic carbocycles. The van der Waals surface area contributed by atoms with Crippen molar-refractivity contribution >= 4 is 17.4 Å². The Balaban J connectivity index is 1.59. The van der Waals surface area contributed by atoms with Crippen molar-refractivity contribution in [1.82, 2.24) is 10.6 Å². The summed E-state index contributed by atoms with van der Waals surface area (Å²) < 4.78 is 0. The molecule has 1 atom stereocenters. The Morgan fingerprint density at radius 3 is 2.32 bits per heavy atom. The number of hydrogen-bond donors (Lipinski definition) is 2. The molecular weight excluding hydrogens is 328 g/mol. The fraction of sp³-hybridized carbons (Fsp3) is 0.190. The van der Waals surface area contributed by atoms with Crippen LogP contribution in [0.1, 0.15) is 22.0 Å². The summed E-state index contributed by atoms with van der Waals surface area (Å²) in [7, 11) is 0. The van der Waals surface area contributed by atoms with Crippen LogP contribution in [-0.2, 0) is 12.8 Å². The number of nitrogens with one attached hydrogen (secondary N) is 2. The van der Waals surface area contributed by atoms with Crippen LogP contribution in [0.3, 0.4) is 0 Å². The summed E-state index contributed by atoms with van der Waals surface area (Å²) in [5, 5.41) is 8.14. The summed E-state index contributed by atoms with van der Waals surface area (Å²) in [6.45, 7) is 0.638. The number of amides is 2. The van der Waals surface area contributed by atoms with E-state index in [-0.39, 0.29) is 12.1 Å². The lowest BCUT2D eigenvalue weighted by atomic mass is 9.99. The van der Waals surface area contributed by atoms with E-state index in [1.165, 1.54) is 10.4 Å². The Kier molecular flexibility index (Phi) is 6.23. The zero-order chi connectivity index (χ0) is 17.3. The molecule has 1 unspecified atom stereocenters. The molecule has 2 amide bonds. The van der Waals surface area contributed by atoms with Gasteiger partial charge in [0, 0.05) is 11.4 Å². The minimum Gasteiger partial charge on any atom is -0.338 e. The average Bonchev–Trinajstić information content (AvgIpc) is 3.16. The van der Waals surface area contributed by atoms with Gasteiger partial charge < -0.3 is 10.6 Å². The first-order valence-corrected chi connectivity index (χ1v) is 9.35. The van der Waals surface area contributed by atoms with E-state index in [2.05, 4.69) is 46.3 Å². The first-order chi connectivity index (χ1) is 12.3. The zero-order valence-corrected chi connectivity index (χ0v) is 14.8. The second-order valence-corrected chi connectivity index (χ2v) is 6.91. The summed E-state index contributed by atoms with van der Waals surface area (Å²) >= 11 is 1.72. The van der Waals surface area contributed by atoms with Crippen LogP contribution in [0.5, 0.6) is 0 Å². The molecule has 0 aliphatic carbocycles. The number of urea groups is 1. The Bertz CT molecular complexity index is 757. The lowest BCUT2D eigenvalue weighted by molar-refractivity contribution is 0.237. The van der Waals surface area contributed by atoms with E-state index in [9.17, 15) is 4.79 Å². The summed E-state index contributed by atoms with van der Waals surface area (Å²) in [4.78, 5) is 13.6. The van der Waals surface area contributed by atoms with Gasteiger partial charge in [-0.2, -0.15) is 0 Å². The maximum atomic E-state index is 12.3. The monoisotopic (exact) mass is 350 g/mol. The molecule has 0 bridgehead atoms. The maximum absolute atomic E-state index is 12.3. The van der Waals surface area contributed by atoms with Gasteiger partial charge in [0.05, 0.1) is 6.04 Å². The number of rotatable bonds is 7. The van der Waals surface area contributed by atoms with Crippen molar-refractivity contribution in [1.29, 1.82) is 0 Å². The van der Waals surface area contributed by atoms with Crippen LogP contribution in [-0.4, -0.2) is 12.6 Å². The van der Waals surface area contributed by atoms with Crippen molar-refractivity contribution in [2.24, 2.45) is 0 Å². The summed E-state index contributed by atoms with van der Waals surface area (Å²) in [6, 6.07) is 24.3. The molecule has 0 aliphatic heterocycles. The Labute approximate surface area is 152 Å². The third-order valence-electron chi connectivity index (χ3n) is 4.03. The van der Waals surface area contributed by atoms with Gasteiger partial charge >= 0.3 is 6.03 Å².